The van der Waals surface area contributed by atoms with E-state index in [9.17, 15) is 19.5 Å². The molecule has 0 spiro atoms. The standard InChI is InChI=1S/C20H26N2O5/c23-16-8-4-5-11-22(16)17(15-6-2-1-3-7-15)18(24)21-14-20(19(25)26)9-12-27-13-10-20/h1-3,6-7,17H,4-5,8-14H2,(H,21,24)(H,25,26). The summed E-state index contributed by atoms with van der Waals surface area (Å²) in [5.41, 5.74) is -0.275. The molecule has 2 N–H and O–H groups in total. The van der Waals surface area contributed by atoms with Gasteiger partial charge in [-0.15, -0.1) is 0 Å². The monoisotopic (exact) mass is 374 g/mol. The molecule has 7 nitrogen and oxygen atoms in total. The van der Waals surface area contributed by atoms with Gasteiger partial charge in [0.05, 0.1) is 5.41 Å². The van der Waals surface area contributed by atoms with Gasteiger partial charge in [-0.3, -0.25) is 14.4 Å². The van der Waals surface area contributed by atoms with Gasteiger partial charge in [-0.2, -0.15) is 0 Å². The van der Waals surface area contributed by atoms with E-state index in [0.29, 0.717) is 39.0 Å². The molecule has 2 amide bonds. The number of ether oxygens (including phenoxy) is 1. The average molecular weight is 374 g/mol. The van der Waals surface area contributed by atoms with Gasteiger partial charge in [-0.25, -0.2) is 0 Å². The molecule has 2 aliphatic rings. The second kappa shape index (κ2) is 8.52. The van der Waals surface area contributed by atoms with Gasteiger partial charge in [0.15, 0.2) is 0 Å². The van der Waals surface area contributed by atoms with Crippen LogP contribution in [0.4, 0.5) is 0 Å². The van der Waals surface area contributed by atoms with E-state index in [-0.39, 0.29) is 18.4 Å². The third-order valence-electron chi connectivity index (χ3n) is 5.54. The molecule has 3 rings (SSSR count). The third kappa shape index (κ3) is 4.30. The Morgan fingerprint density at radius 2 is 1.89 bits per heavy atom. The van der Waals surface area contributed by atoms with Gasteiger partial charge in [-0.05, 0) is 31.2 Å². The Morgan fingerprint density at radius 3 is 2.52 bits per heavy atom. The molecule has 0 radical (unpaired) electrons. The number of benzene rings is 1. The molecule has 2 saturated heterocycles. The Balaban J connectivity index is 1.78. The van der Waals surface area contributed by atoms with Gasteiger partial charge in [0.25, 0.3) is 0 Å². The number of nitrogens with one attached hydrogen (secondary N) is 1. The second-order valence-electron chi connectivity index (χ2n) is 7.27. The normalized spacial score (nSPS) is 20.7. The minimum Gasteiger partial charge on any atom is -0.481 e. The van der Waals surface area contributed by atoms with E-state index in [1.807, 2.05) is 30.3 Å². The molecule has 2 heterocycles. The van der Waals surface area contributed by atoms with Crippen LogP contribution in [0.3, 0.4) is 0 Å². The first-order valence-electron chi connectivity index (χ1n) is 9.47. The lowest BCUT2D eigenvalue weighted by Crippen LogP contribution is -2.50. The number of rotatable bonds is 6. The maximum atomic E-state index is 13.1. The van der Waals surface area contributed by atoms with Gasteiger partial charge in [0, 0.05) is 32.7 Å². The van der Waals surface area contributed by atoms with E-state index in [4.69, 9.17) is 4.74 Å². The zero-order valence-electron chi connectivity index (χ0n) is 15.4. The van der Waals surface area contributed by atoms with Crippen molar-refractivity contribution in [1.82, 2.24) is 10.2 Å². The molecule has 2 aliphatic heterocycles. The van der Waals surface area contributed by atoms with Crippen LogP contribution in [0.5, 0.6) is 0 Å². The smallest absolute Gasteiger partial charge is 0.311 e. The van der Waals surface area contributed by atoms with Crippen LogP contribution >= 0.6 is 0 Å². The zero-order chi connectivity index (χ0) is 19.3. The minimum atomic E-state index is -1.01. The molecule has 2 fully saturated rings. The number of aliphatic carboxylic acids is 1. The highest BCUT2D eigenvalue weighted by Gasteiger charge is 2.41. The Bertz CT molecular complexity index is 685. The van der Waals surface area contributed by atoms with E-state index in [2.05, 4.69) is 5.32 Å². The van der Waals surface area contributed by atoms with Gasteiger partial charge in [0.1, 0.15) is 6.04 Å². The number of hydrogen-bond acceptors (Lipinski definition) is 4. The lowest BCUT2D eigenvalue weighted by molar-refractivity contribution is -0.155. The lowest BCUT2D eigenvalue weighted by Gasteiger charge is -2.36. The molecule has 1 atom stereocenters. The number of carbonyl (C=O) groups is 3. The highest BCUT2D eigenvalue weighted by Crippen LogP contribution is 2.31. The molecular weight excluding hydrogens is 348 g/mol. The molecular formula is C20H26N2O5. The van der Waals surface area contributed by atoms with Crippen LogP contribution in [0.15, 0.2) is 30.3 Å². The van der Waals surface area contributed by atoms with Crippen LogP contribution in [-0.2, 0) is 19.1 Å². The van der Waals surface area contributed by atoms with Crippen LogP contribution in [0.2, 0.25) is 0 Å². The number of hydrogen-bond donors (Lipinski definition) is 2. The van der Waals surface area contributed by atoms with Gasteiger partial charge < -0.3 is 20.1 Å². The van der Waals surface area contributed by atoms with Crippen LogP contribution in [0.25, 0.3) is 0 Å². The minimum absolute atomic E-state index is 0.0376. The summed E-state index contributed by atoms with van der Waals surface area (Å²) in [6.07, 6.45) is 2.86. The summed E-state index contributed by atoms with van der Waals surface area (Å²) in [6.45, 7) is 1.31. The zero-order valence-corrected chi connectivity index (χ0v) is 15.4. The average Bonchev–Trinajstić information content (AvgIpc) is 2.69. The topological polar surface area (TPSA) is 95.9 Å². The second-order valence-corrected chi connectivity index (χ2v) is 7.27. The van der Waals surface area contributed by atoms with Crippen molar-refractivity contribution in [2.75, 3.05) is 26.3 Å². The highest BCUT2D eigenvalue weighted by atomic mass is 16.5. The molecule has 0 aromatic heterocycles. The number of piperidine rings is 1. The third-order valence-corrected chi connectivity index (χ3v) is 5.54. The molecule has 7 heteroatoms. The summed E-state index contributed by atoms with van der Waals surface area (Å²) < 4.78 is 5.28. The first kappa shape index (κ1) is 19.4. The molecule has 146 valence electrons. The Labute approximate surface area is 158 Å². The molecule has 27 heavy (non-hydrogen) atoms. The highest BCUT2D eigenvalue weighted by molar-refractivity contribution is 5.89. The summed E-state index contributed by atoms with van der Waals surface area (Å²) in [5, 5.41) is 12.5. The van der Waals surface area contributed by atoms with Crippen molar-refractivity contribution in [1.29, 1.82) is 0 Å². The summed E-state index contributed by atoms with van der Waals surface area (Å²) >= 11 is 0. The lowest BCUT2D eigenvalue weighted by atomic mass is 9.80. The quantitative estimate of drug-likeness (QED) is 0.791. The molecule has 0 bridgehead atoms. The van der Waals surface area contributed by atoms with Crippen molar-refractivity contribution in [2.45, 2.75) is 38.1 Å². The Kier molecular flexibility index (Phi) is 6.11. The summed E-state index contributed by atoms with van der Waals surface area (Å²) in [6, 6.07) is 8.45. The van der Waals surface area contributed by atoms with Crippen molar-refractivity contribution in [3.8, 4) is 0 Å². The van der Waals surface area contributed by atoms with E-state index >= 15 is 0 Å². The van der Waals surface area contributed by atoms with Crippen molar-refractivity contribution in [3.63, 3.8) is 0 Å². The predicted molar refractivity (Wildman–Crippen MR) is 97.9 cm³/mol. The SMILES string of the molecule is O=C(NCC1(C(=O)O)CCOCC1)C(c1ccccc1)N1CCCCC1=O. The van der Waals surface area contributed by atoms with Gasteiger partial charge in [0.2, 0.25) is 11.8 Å². The summed E-state index contributed by atoms with van der Waals surface area (Å²) in [5.74, 6) is -1.29. The number of likely N-dealkylation sites (tertiary alicyclic amines) is 1. The fourth-order valence-corrected chi connectivity index (χ4v) is 3.79. The summed E-state index contributed by atoms with van der Waals surface area (Å²) in [7, 11) is 0. The van der Waals surface area contributed by atoms with E-state index in [1.54, 1.807) is 4.90 Å². The molecule has 1 aromatic carbocycles. The van der Waals surface area contributed by atoms with Gasteiger partial charge in [-0.1, -0.05) is 30.3 Å². The van der Waals surface area contributed by atoms with E-state index < -0.39 is 17.4 Å². The number of carboxylic acid groups (broad SMARTS) is 1. The maximum Gasteiger partial charge on any atom is 0.311 e. The fraction of sp³-hybridized carbons (Fsp3) is 0.550. The Hall–Kier alpha value is -2.41. The van der Waals surface area contributed by atoms with Crippen molar-refractivity contribution >= 4 is 17.8 Å². The number of amides is 2. The van der Waals surface area contributed by atoms with Crippen molar-refractivity contribution in [2.24, 2.45) is 5.41 Å². The molecule has 1 unspecified atom stereocenters. The van der Waals surface area contributed by atoms with Crippen LogP contribution in [0, 0.1) is 5.41 Å². The summed E-state index contributed by atoms with van der Waals surface area (Å²) in [4.78, 5) is 38.9. The number of nitrogens with zero attached hydrogens (tertiary/aromatic N) is 1. The van der Waals surface area contributed by atoms with Crippen LogP contribution in [0.1, 0.15) is 43.7 Å². The van der Waals surface area contributed by atoms with Crippen molar-refractivity contribution < 1.29 is 24.2 Å². The Morgan fingerprint density at radius 1 is 1.19 bits per heavy atom. The maximum absolute atomic E-state index is 13.1. The largest absolute Gasteiger partial charge is 0.481 e. The number of carboxylic acids is 1. The predicted octanol–water partition coefficient (Wildman–Crippen LogP) is 1.74. The van der Waals surface area contributed by atoms with Crippen LogP contribution in [-0.4, -0.2) is 54.1 Å². The molecule has 0 saturated carbocycles. The first-order chi connectivity index (χ1) is 13.0. The van der Waals surface area contributed by atoms with Crippen molar-refractivity contribution in [3.05, 3.63) is 35.9 Å². The number of carbonyl (C=O) groups excluding carboxylic acids is 2. The fourth-order valence-electron chi connectivity index (χ4n) is 3.79. The van der Waals surface area contributed by atoms with E-state index in [0.717, 1.165) is 18.4 Å². The van der Waals surface area contributed by atoms with Gasteiger partial charge >= 0.3 is 5.97 Å². The van der Waals surface area contributed by atoms with E-state index in [1.165, 1.54) is 0 Å². The molecule has 0 aliphatic carbocycles. The van der Waals surface area contributed by atoms with Crippen LogP contribution < -0.4 is 5.32 Å². The first-order valence-corrected chi connectivity index (χ1v) is 9.47. The molecule has 1 aromatic rings.